The largest absolute Gasteiger partial charge is 0.735 e. The van der Waals surface area contributed by atoms with E-state index in [1.807, 2.05) is 0 Å². The minimum atomic E-state index is -0.400. The lowest BCUT2D eigenvalue weighted by Crippen LogP contribution is -1.90. The van der Waals surface area contributed by atoms with Gasteiger partial charge in [0.2, 0.25) is 0 Å². The van der Waals surface area contributed by atoms with Crippen molar-refractivity contribution in [1.29, 1.82) is 0 Å². The Hall–Kier alpha value is -0.900. The maximum absolute atomic E-state index is 10.3. The molecule has 0 radical (unpaired) electrons. The number of hydrogen-bond acceptors (Lipinski definition) is 3. The SMILES string of the molecule is O=C([S-])c1cnc[nH]1. The first-order chi connectivity index (χ1) is 3.80. The Morgan fingerprint density at radius 1 is 1.88 bits per heavy atom. The highest BCUT2D eigenvalue weighted by Gasteiger charge is 1.87. The molecule has 4 heteroatoms. The number of hydrogen-bond donors (Lipinski definition) is 1. The molecule has 0 bridgehead atoms. The van der Waals surface area contributed by atoms with Gasteiger partial charge in [-0.2, -0.15) is 0 Å². The summed E-state index contributed by atoms with van der Waals surface area (Å²) in [6.45, 7) is 0. The molecule has 0 aliphatic rings. The zero-order valence-corrected chi connectivity index (χ0v) is 4.73. The number of rotatable bonds is 1. The smallest absolute Gasteiger partial charge is 0.0924 e. The molecule has 0 aromatic carbocycles. The van der Waals surface area contributed by atoms with Crippen molar-refractivity contribution in [2.75, 3.05) is 0 Å². The van der Waals surface area contributed by atoms with Gasteiger partial charge < -0.3 is 22.4 Å². The Labute approximate surface area is 51.5 Å². The number of aromatic nitrogens is 2. The van der Waals surface area contributed by atoms with Crippen LogP contribution < -0.4 is 0 Å². The number of carbonyl (C=O) groups is 1. The summed E-state index contributed by atoms with van der Waals surface area (Å²) in [5.41, 5.74) is 0.375. The highest BCUT2D eigenvalue weighted by molar-refractivity contribution is 7.77. The van der Waals surface area contributed by atoms with Gasteiger partial charge in [-0.3, -0.25) is 0 Å². The van der Waals surface area contributed by atoms with Gasteiger partial charge in [-0.25, -0.2) is 4.98 Å². The fourth-order valence-corrected chi connectivity index (χ4v) is 0.479. The first-order valence-electron chi connectivity index (χ1n) is 2.00. The lowest BCUT2D eigenvalue weighted by molar-refractivity contribution is 0.108. The van der Waals surface area contributed by atoms with Crippen molar-refractivity contribution in [3.05, 3.63) is 18.2 Å². The van der Waals surface area contributed by atoms with E-state index in [4.69, 9.17) is 0 Å². The van der Waals surface area contributed by atoms with Crippen LogP contribution in [0.15, 0.2) is 12.5 Å². The summed E-state index contributed by atoms with van der Waals surface area (Å²) in [7, 11) is 0. The highest BCUT2D eigenvalue weighted by Crippen LogP contribution is 1.88. The van der Waals surface area contributed by atoms with E-state index >= 15 is 0 Å². The minimum absolute atomic E-state index is 0.375. The summed E-state index contributed by atoms with van der Waals surface area (Å²) < 4.78 is 0. The van der Waals surface area contributed by atoms with Gasteiger partial charge in [0, 0.05) is 0 Å². The predicted octanol–water partition coefficient (Wildman–Crippen LogP) is 0.0968. The normalized spacial score (nSPS) is 9.00. The zero-order valence-electron chi connectivity index (χ0n) is 3.92. The van der Waals surface area contributed by atoms with Crippen LogP contribution in [0.4, 0.5) is 0 Å². The maximum atomic E-state index is 10.3. The molecule has 42 valence electrons. The van der Waals surface area contributed by atoms with Gasteiger partial charge >= 0.3 is 0 Å². The third kappa shape index (κ3) is 0.840. The number of H-pyrrole nitrogens is 1. The first kappa shape index (κ1) is 5.24. The van der Waals surface area contributed by atoms with Crippen LogP contribution >= 0.6 is 0 Å². The van der Waals surface area contributed by atoms with Gasteiger partial charge in [-0.1, -0.05) is 0 Å². The van der Waals surface area contributed by atoms with Gasteiger partial charge in [0.15, 0.2) is 0 Å². The van der Waals surface area contributed by atoms with Gasteiger partial charge in [0.25, 0.3) is 0 Å². The molecular formula is C4H3N2OS-. The summed E-state index contributed by atoms with van der Waals surface area (Å²) in [6, 6.07) is 0. The van der Waals surface area contributed by atoms with Crippen LogP contribution in [-0.2, 0) is 12.6 Å². The Kier molecular flexibility index (Phi) is 1.26. The molecule has 1 N–H and O–H groups in total. The summed E-state index contributed by atoms with van der Waals surface area (Å²) in [5, 5.41) is -0.400. The van der Waals surface area contributed by atoms with Crippen molar-refractivity contribution < 1.29 is 4.79 Å². The second-order valence-corrected chi connectivity index (χ2v) is 1.62. The monoisotopic (exact) mass is 127 g/mol. The number of nitrogens with one attached hydrogen (secondary N) is 1. The Morgan fingerprint density at radius 3 is 2.88 bits per heavy atom. The molecule has 0 aliphatic carbocycles. The van der Waals surface area contributed by atoms with Crippen molar-refractivity contribution in [3.63, 3.8) is 0 Å². The van der Waals surface area contributed by atoms with E-state index in [0.29, 0.717) is 5.69 Å². The quantitative estimate of drug-likeness (QED) is 0.544. The molecule has 0 saturated carbocycles. The Bertz CT molecular complexity index is 182. The fourth-order valence-electron chi connectivity index (χ4n) is 0.368. The van der Waals surface area contributed by atoms with Crippen LogP contribution in [0.5, 0.6) is 0 Å². The molecule has 0 amide bonds. The Balaban J connectivity index is 2.93. The number of aromatic amines is 1. The number of carbonyl (C=O) groups excluding carboxylic acids is 1. The lowest BCUT2D eigenvalue weighted by Gasteiger charge is -1.94. The summed E-state index contributed by atoms with van der Waals surface area (Å²) in [6.07, 6.45) is 2.81. The van der Waals surface area contributed by atoms with Gasteiger partial charge in [-0.05, 0) is 0 Å². The second kappa shape index (κ2) is 1.92. The third-order valence-electron chi connectivity index (χ3n) is 0.718. The maximum Gasteiger partial charge on any atom is 0.0924 e. The average molecular weight is 127 g/mol. The van der Waals surface area contributed by atoms with Crippen LogP contribution in [0.3, 0.4) is 0 Å². The molecule has 1 heterocycles. The van der Waals surface area contributed by atoms with Crippen LogP contribution in [0, 0.1) is 0 Å². The number of nitrogens with zero attached hydrogens (tertiary/aromatic N) is 1. The molecule has 8 heavy (non-hydrogen) atoms. The topological polar surface area (TPSA) is 45.8 Å². The van der Waals surface area contributed by atoms with Crippen molar-refractivity contribution in [3.8, 4) is 0 Å². The molecule has 0 spiro atoms. The number of imidazole rings is 1. The molecule has 0 unspecified atom stereocenters. The lowest BCUT2D eigenvalue weighted by atomic mass is 10.5. The molecule has 0 aliphatic heterocycles. The molecule has 0 fully saturated rings. The van der Waals surface area contributed by atoms with Crippen LogP contribution in [0.25, 0.3) is 0 Å². The van der Waals surface area contributed by atoms with Gasteiger partial charge in [0.1, 0.15) is 0 Å². The van der Waals surface area contributed by atoms with Crippen molar-refractivity contribution in [1.82, 2.24) is 9.97 Å². The molecule has 0 atom stereocenters. The van der Waals surface area contributed by atoms with Crippen LogP contribution in [-0.4, -0.2) is 15.1 Å². The molecule has 1 aromatic heterocycles. The van der Waals surface area contributed by atoms with Crippen LogP contribution in [0.1, 0.15) is 10.5 Å². The summed E-state index contributed by atoms with van der Waals surface area (Å²) >= 11 is 4.29. The van der Waals surface area contributed by atoms with Gasteiger partial charge in [-0.15, -0.1) is 0 Å². The van der Waals surface area contributed by atoms with E-state index in [2.05, 4.69) is 22.6 Å². The zero-order chi connectivity index (χ0) is 5.98. The second-order valence-electron chi connectivity index (χ2n) is 1.25. The van der Waals surface area contributed by atoms with E-state index in [1.54, 1.807) is 0 Å². The standard InChI is InChI=1S/C4H4N2OS/c7-4(8)3-1-5-2-6-3/h1-2H,(H,5,6)(H,7,8)/p-1. The Morgan fingerprint density at radius 2 is 2.62 bits per heavy atom. The molecule has 0 saturated heterocycles. The summed E-state index contributed by atoms with van der Waals surface area (Å²) in [5.74, 6) is 0. The highest BCUT2D eigenvalue weighted by atomic mass is 32.1. The molecule has 1 aromatic rings. The predicted molar refractivity (Wildman–Crippen MR) is 30.3 cm³/mol. The summed E-state index contributed by atoms with van der Waals surface area (Å²) in [4.78, 5) is 16.4. The molecule has 3 nitrogen and oxygen atoms in total. The van der Waals surface area contributed by atoms with Gasteiger partial charge in [0.05, 0.1) is 23.3 Å². The molecular weight excluding hydrogens is 124 g/mol. The van der Waals surface area contributed by atoms with E-state index < -0.39 is 5.12 Å². The van der Waals surface area contributed by atoms with E-state index in [0.717, 1.165) is 0 Å². The molecule has 1 rings (SSSR count). The third-order valence-corrected chi connectivity index (χ3v) is 0.938. The van der Waals surface area contributed by atoms with Crippen LogP contribution in [0.2, 0.25) is 0 Å². The first-order valence-corrected chi connectivity index (χ1v) is 2.41. The van der Waals surface area contributed by atoms with Crippen molar-refractivity contribution in [2.45, 2.75) is 0 Å². The van der Waals surface area contributed by atoms with E-state index in [-0.39, 0.29) is 0 Å². The van der Waals surface area contributed by atoms with E-state index in [1.165, 1.54) is 12.5 Å². The average Bonchev–Trinajstić information content (AvgIpc) is 2.12. The van der Waals surface area contributed by atoms with E-state index in [9.17, 15) is 4.79 Å². The minimum Gasteiger partial charge on any atom is -0.735 e. The fraction of sp³-hybridized carbons (Fsp3) is 0. The van der Waals surface area contributed by atoms with Crippen molar-refractivity contribution >= 4 is 17.7 Å². The van der Waals surface area contributed by atoms with Crippen molar-refractivity contribution in [2.24, 2.45) is 0 Å².